The molecule has 26 heavy (non-hydrogen) atoms. The first-order valence-corrected chi connectivity index (χ1v) is 9.23. The Kier molecular flexibility index (Phi) is 5.70. The number of pyridine rings is 1. The van der Waals surface area contributed by atoms with Gasteiger partial charge in [0, 0.05) is 11.1 Å². The van der Waals surface area contributed by atoms with Crippen LogP contribution in [0.25, 0.3) is 11.3 Å². The molecule has 1 aromatic carbocycles. The molecule has 0 radical (unpaired) electrons. The largest absolute Gasteiger partial charge is 0.387 e. The van der Waals surface area contributed by atoms with Crippen molar-refractivity contribution in [3.8, 4) is 11.3 Å². The van der Waals surface area contributed by atoms with Gasteiger partial charge in [0.2, 0.25) is 0 Å². The van der Waals surface area contributed by atoms with Crippen LogP contribution in [0.3, 0.4) is 0 Å². The number of hydrogen-bond donors (Lipinski definition) is 2. The summed E-state index contributed by atoms with van der Waals surface area (Å²) in [6.45, 7) is 4.08. The van der Waals surface area contributed by atoms with Crippen LogP contribution in [0.5, 0.6) is 0 Å². The van der Waals surface area contributed by atoms with Gasteiger partial charge in [0.25, 0.3) is 5.91 Å². The molecule has 0 aliphatic heterocycles. The number of nitrogens with one attached hydrogen (secondary N) is 1. The second-order valence-electron chi connectivity index (χ2n) is 5.83. The Hall–Kier alpha value is -2.64. The van der Waals surface area contributed by atoms with Crippen LogP contribution in [0.1, 0.15) is 46.0 Å². The van der Waals surface area contributed by atoms with Crippen molar-refractivity contribution in [2.24, 2.45) is 0 Å². The van der Waals surface area contributed by atoms with Gasteiger partial charge in [-0.15, -0.1) is 10.2 Å². The van der Waals surface area contributed by atoms with Crippen LogP contribution in [0.4, 0.5) is 0 Å². The maximum absolute atomic E-state index is 12.3. The Morgan fingerprint density at radius 3 is 2.54 bits per heavy atom. The predicted octanol–water partition coefficient (Wildman–Crippen LogP) is 3.15. The molecule has 3 aromatic rings. The van der Waals surface area contributed by atoms with Crippen LogP contribution >= 0.6 is 11.3 Å². The van der Waals surface area contributed by atoms with Gasteiger partial charge in [-0.1, -0.05) is 36.5 Å². The van der Waals surface area contributed by atoms with E-state index >= 15 is 0 Å². The topological polar surface area (TPSA) is 88.0 Å². The summed E-state index contributed by atoms with van der Waals surface area (Å²) in [7, 11) is 0. The summed E-state index contributed by atoms with van der Waals surface area (Å²) >= 11 is 1.51. The van der Waals surface area contributed by atoms with E-state index in [0.29, 0.717) is 17.8 Å². The van der Waals surface area contributed by atoms with Crippen molar-refractivity contribution in [3.63, 3.8) is 0 Å². The van der Waals surface area contributed by atoms with E-state index in [-0.39, 0.29) is 5.91 Å². The van der Waals surface area contributed by atoms with Crippen molar-refractivity contribution in [3.05, 3.63) is 63.7 Å². The Balaban J connectivity index is 1.66. The Labute approximate surface area is 156 Å². The highest BCUT2D eigenvalue weighted by atomic mass is 32.1. The van der Waals surface area contributed by atoms with Gasteiger partial charge in [-0.2, -0.15) is 0 Å². The summed E-state index contributed by atoms with van der Waals surface area (Å²) in [4.78, 5) is 16.7. The van der Waals surface area contributed by atoms with Gasteiger partial charge in [0.05, 0.1) is 24.0 Å². The molecule has 7 heteroatoms. The van der Waals surface area contributed by atoms with E-state index < -0.39 is 6.10 Å². The molecular weight excluding hydrogens is 348 g/mol. The Morgan fingerprint density at radius 1 is 1.15 bits per heavy atom. The molecule has 3 rings (SSSR count). The molecular formula is C19H20N4O2S. The molecule has 6 nitrogen and oxygen atoms in total. The zero-order chi connectivity index (χ0) is 18.5. The summed E-state index contributed by atoms with van der Waals surface area (Å²) < 4.78 is 0. The van der Waals surface area contributed by atoms with E-state index in [1.165, 1.54) is 11.3 Å². The number of hydrogen-bond acceptors (Lipinski definition) is 6. The van der Waals surface area contributed by atoms with Gasteiger partial charge in [-0.25, -0.2) is 0 Å². The van der Waals surface area contributed by atoms with E-state index in [9.17, 15) is 9.90 Å². The van der Waals surface area contributed by atoms with Gasteiger partial charge in [-0.3, -0.25) is 9.78 Å². The van der Waals surface area contributed by atoms with Crippen LogP contribution in [-0.2, 0) is 13.0 Å². The third kappa shape index (κ3) is 4.30. The summed E-state index contributed by atoms with van der Waals surface area (Å²) in [5, 5.41) is 22.4. The Morgan fingerprint density at radius 2 is 1.88 bits per heavy atom. The van der Waals surface area contributed by atoms with Gasteiger partial charge >= 0.3 is 0 Å². The number of carbonyl (C=O) groups excluding carboxylic acids is 1. The zero-order valence-corrected chi connectivity index (χ0v) is 15.5. The van der Waals surface area contributed by atoms with Crippen LogP contribution in [0, 0.1) is 0 Å². The number of rotatable bonds is 6. The average Bonchev–Trinajstić information content (AvgIpc) is 3.14. The predicted molar refractivity (Wildman–Crippen MR) is 101 cm³/mol. The van der Waals surface area contributed by atoms with Gasteiger partial charge in [0.1, 0.15) is 10.0 Å². The third-order valence-corrected chi connectivity index (χ3v) is 4.92. The van der Waals surface area contributed by atoms with Crippen LogP contribution < -0.4 is 5.32 Å². The second-order valence-corrected chi connectivity index (χ2v) is 6.97. The number of aromatic nitrogens is 3. The molecule has 0 unspecified atom stereocenters. The number of nitrogens with zero attached hydrogens (tertiary/aromatic N) is 3. The van der Waals surface area contributed by atoms with Crippen LogP contribution in [0.15, 0.2) is 42.5 Å². The normalized spacial score (nSPS) is 12.0. The molecule has 0 aliphatic carbocycles. The summed E-state index contributed by atoms with van der Waals surface area (Å²) in [5.41, 5.74) is 2.84. The van der Waals surface area contributed by atoms with Crippen molar-refractivity contribution in [1.29, 1.82) is 0 Å². The van der Waals surface area contributed by atoms with Crippen molar-refractivity contribution in [2.75, 3.05) is 0 Å². The molecule has 0 saturated heterocycles. The maximum Gasteiger partial charge on any atom is 0.251 e. The van der Waals surface area contributed by atoms with E-state index in [1.807, 2.05) is 31.2 Å². The molecule has 0 saturated carbocycles. The second kappa shape index (κ2) is 8.16. The molecule has 134 valence electrons. The number of aliphatic hydroxyl groups is 1. The number of benzene rings is 1. The van der Waals surface area contributed by atoms with Crippen LogP contribution in [-0.4, -0.2) is 26.2 Å². The molecule has 0 fully saturated rings. The van der Waals surface area contributed by atoms with Crippen molar-refractivity contribution < 1.29 is 9.90 Å². The number of amides is 1. The number of aryl methyl sites for hydroxylation is 1. The van der Waals surface area contributed by atoms with Gasteiger partial charge in [-0.05, 0) is 37.6 Å². The molecule has 2 aromatic heterocycles. The van der Waals surface area contributed by atoms with Gasteiger partial charge in [0.15, 0.2) is 0 Å². The fourth-order valence-electron chi connectivity index (χ4n) is 2.40. The summed E-state index contributed by atoms with van der Waals surface area (Å²) in [5.74, 6) is -0.157. The van der Waals surface area contributed by atoms with E-state index in [4.69, 9.17) is 0 Å². The molecule has 1 amide bonds. The molecule has 0 bridgehead atoms. The molecule has 0 spiro atoms. The first kappa shape index (κ1) is 18.2. The van der Waals surface area contributed by atoms with Gasteiger partial charge < -0.3 is 10.4 Å². The SMILES string of the molecule is CCc1nnc(CNC(=O)c2ccc(-c3cccc([C@H](C)O)n3)cc2)s1. The highest BCUT2D eigenvalue weighted by Crippen LogP contribution is 2.20. The summed E-state index contributed by atoms with van der Waals surface area (Å²) in [6.07, 6.45) is 0.228. The lowest BCUT2D eigenvalue weighted by Crippen LogP contribution is -2.22. The van der Waals surface area contributed by atoms with Crippen molar-refractivity contribution in [2.45, 2.75) is 32.9 Å². The number of carbonyl (C=O) groups is 1. The summed E-state index contributed by atoms with van der Waals surface area (Å²) in [6, 6.07) is 12.7. The van der Waals surface area contributed by atoms with Crippen LogP contribution in [0.2, 0.25) is 0 Å². The van der Waals surface area contributed by atoms with Crippen molar-refractivity contribution >= 4 is 17.2 Å². The minimum absolute atomic E-state index is 0.157. The van der Waals surface area contributed by atoms with Crippen molar-refractivity contribution in [1.82, 2.24) is 20.5 Å². The molecule has 2 heterocycles. The molecule has 0 aliphatic rings. The first-order chi connectivity index (χ1) is 12.6. The fraction of sp³-hybridized carbons (Fsp3) is 0.263. The number of aliphatic hydroxyl groups excluding tert-OH is 1. The molecule has 2 N–H and O–H groups in total. The first-order valence-electron chi connectivity index (χ1n) is 8.41. The lowest BCUT2D eigenvalue weighted by molar-refractivity contribution is 0.0951. The zero-order valence-electron chi connectivity index (χ0n) is 14.6. The smallest absolute Gasteiger partial charge is 0.251 e. The average molecular weight is 368 g/mol. The highest BCUT2D eigenvalue weighted by Gasteiger charge is 2.09. The highest BCUT2D eigenvalue weighted by molar-refractivity contribution is 7.11. The van der Waals surface area contributed by atoms with E-state index in [0.717, 1.165) is 27.7 Å². The standard InChI is InChI=1S/C19H20N4O2S/c1-3-17-22-23-18(26-17)11-20-19(25)14-9-7-13(8-10-14)16-6-4-5-15(21-16)12(2)24/h4-10,12,24H,3,11H2,1-2H3,(H,20,25)/t12-/m0/s1. The minimum Gasteiger partial charge on any atom is -0.387 e. The minimum atomic E-state index is -0.617. The lowest BCUT2D eigenvalue weighted by Gasteiger charge is -2.08. The maximum atomic E-state index is 12.3. The lowest BCUT2D eigenvalue weighted by atomic mass is 10.1. The fourth-order valence-corrected chi connectivity index (χ4v) is 3.12. The quantitative estimate of drug-likeness (QED) is 0.698. The monoisotopic (exact) mass is 368 g/mol. The third-order valence-electron chi connectivity index (χ3n) is 3.85. The van der Waals surface area contributed by atoms with E-state index in [2.05, 4.69) is 20.5 Å². The molecule has 1 atom stereocenters. The van der Waals surface area contributed by atoms with E-state index in [1.54, 1.807) is 25.1 Å². The Bertz CT molecular complexity index is 891.